The summed E-state index contributed by atoms with van der Waals surface area (Å²) < 4.78 is 0. The molecule has 0 saturated carbocycles. The summed E-state index contributed by atoms with van der Waals surface area (Å²) >= 11 is 0. The molecular weight excluding hydrogens is 266 g/mol. The van der Waals surface area contributed by atoms with Gasteiger partial charge in [-0.2, -0.15) is 0 Å². The highest BCUT2D eigenvalue weighted by Crippen LogP contribution is 2.16. The molecule has 0 aliphatic heterocycles. The van der Waals surface area contributed by atoms with Gasteiger partial charge in [0.2, 0.25) is 0 Å². The molecule has 3 N–H and O–H groups in total. The van der Waals surface area contributed by atoms with Crippen LogP contribution >= 0.6 is 0 Å². The number of nitrogens with zero attached hydrogens (tertiary/aromatic N) is 1. The van der Waals surface area contributed by atoms with Crippen LogP contribution in [-0.4, -0.2) is 33.1 Å². The standard InChI is InChI=1S/C16H23N3O2/c1-11(2)6-7-16(3,21)9-17-15(20)12-4-5-13-14(8-12)19-10-18-13/h4-5,8,10-11,21H,6-7,9H2,1-3H3,(H,17,20)(H,18,19). The minimum absolute atomic E-state index is 0.184. The number of H-pyrrole nitrogens is 1. The fourth-order valence-electron chi connectivity index (χ4n) is 2.14. The van der Waals surface area contributed by atoms with Crippen molar-refractivity contribution >= 4 is 16.9 Å². The number of aromatic nitrogens is 2. The van der Waals surface area contributed by atoms with Crippen LogP contribution in [0.25, 0.3) is 11.0 Å². The van der Waals surface area contributed by atoms with E-state index in [2.05, 4.69) is 29.1 Å². The number of carbonyl (C=O) groups is 1. The Hall–Kier alpha value is -1.88. The van der Waals surface area contributed by atoms with Crippen LogP contribution in [0.3, 0.4) is 0 Å². The zero-order chi connectivity index (χ0) is 15.5. The smallest absolute Gasteiger partial charge is 0.251 e. The summed E-state index contributed by atoms with van der Waals surface area (Å²) in [7, 11) is 0. The van der Waals surface area contributed by atoms with Crippen molar-refractivity contribution < 1.29 is 9.90 Å². The van der Waals surface area contributed by atoms with Gasteiger partial charge in [0.15, 0.2) is 0 Å². The van der Waals surface area contributed by atoms with Crippen molar-refractivity contribution in [2.24, 2.45) is 5.92 Å². The zero-order valence-electron chi connectivity index (χ0n) is 12.8. The number of rotatable bonds is 6. The van der Waals surface area contributed by atoms with E-state index in [0.29, 0.717) is 17.9 Å². The molecule has 1 amide bonds. The van der Waals surface area contributed by atoms with Crippen molar-refractivity contribution in [3.05, 3.63) is 30.1 Å². The van der Waals surface area contributed by atoms with Crippen LogP contribution in [0.5, 0.6) is 0 Å². The molecule has 0 aliphatic carbocycles. The van der Waals surface area contributed by atoms with Crippen molar-refractivity contribution in [3.8, 4) is 0 Å². The Morgan fingerprint density at radius 1 is 1.48 bits per heavy atom. The molecule has 21 heavy (non-hydrogen) atoms. The molecule has 1 aromatic carbocycles. The molecule has 5 heteroatoms. The Balaban J connectivity index is 1.94. The molecule has 0 spiro atoms. The highest BCUT2D eigenvalue weighted by molar-refractivity contribution is 5.97. The number of imidazole rings is 1. The fraction of sp³-hybridized carbons (Fsp3) is 0.500. The van der Waals surface area contributed by atoms with Gasteiger partial charge in [0.25, 0.3) is 5.91 Å². The minimum atomic E-state index is -0.877. The Morgan fingerprint density at radius 2 is 2.24 bits per heavy atom. The lowest BCUT2D eigenvalue weighted by molar-refractivity contribution is 0.0429. The van der Waals surface area contributed by atoms with Gasteiger partial charge in [0.1, 0.15) is 0 Å². The second-order valence-electron chi connectivity index (χ2n) is 6.25. The number of fused-ring (bicyclic) bond motifs is 1. The van der Waals surface area contributed by atoms with Gasteiger partial charge in [0.05, 0.1) is 23.0 Å². The predicted molar refractivity (Wildman–Crippen MR) is 83.1 cm³/mol. The largest absolute Gasteiger partial charge is 0.388 e. The Bertz CT molecular complexity index is 617. The molecule has 1 heterocycles. The van der Waals surface area contributed by atoms with E-state index >= 15 is 0 Å². The van der Waals surface area contributed by atoms with E-state index in [9.17, 15) is 9.90 Å². The molecule has 0 aliphatic rings. The van der Waals surface area contributed by atoms with Crippen LogP contribution in [0, 0.1) is 5.92 Å². The molecule has 114 valence electrons. The van der Waals surface area contributed by atoms with E-state index in [1.807, 2.05) is 0 Å². The number of aliphatic hydroxyl groups is 1. The van der Waals surface area contributed by atoms with Gasteiger partial charge in [-0.05, 0) is 43.9 Å². The number of benzene rings is 1. The average molecular weight is 289 g/mol. The second kappa shape index (κ2) is 6.26. The molecular formula is C16H23N3O2. The first kappa shape index (κ1) is 15.5. The molecule has 0 fully saturated rings. The molecule has 1 aromatic heterocycles. The quantitative estimate of drug-likeness (QED) is 0.764. The van der Waals surface area contributed by atoms with Crippen molar-refractivity contribution in [1.82, 2.24) is 15.3 Å². The molecule has 1 atom stereocenters. The van der Waals surface area contributed by atoms with E-state index in [1.165, 1.54) is 0 Å². The summed E-state index contributed by atoms with van der Waals surface area (Å²) in [5.74, 6) is 0.353. The molecule has 2 rings (SSSR count). The topological polar surface area (TPSA) is 78.0 Å². The van der Waals surface area contributed by atoms with Gasteiger partial charge in [-0.15, -0.1) is 0 Å². The molecule has 0 radical (unpaired) electrons. The van der Waals surface area contributed by atoms with Crippen LogP contribution in [0.4, 0.5) is 0 Å². The highest BCUT2D eigenvalue weighted by Gasteiger charge is 2.21. The Kier molecular flexibility index (Phi) is 4.63. The van der Waals surface area contributed by atoms with Crippen LogP contribution in [0.2, 0.25) is 0 Å². The van der Waals surface area contributed by atoms with Crippen molar-refractivity contribution in [2.45, 2.75) is 39.2 Å². The minimum Gasteiger partial charge on any atom is -0.388 e. The number of aromatic amines is 1. The fourth-order valence-corrected chi connectivity index (χ4v) is 2.14. The van der Waals surface area contributed by atoms with Gasteiger partial charge in [-0.1, -0.05) is 13.8 Å². The van der Waals surface area contributed by atoms with Gasteiger partial charge in [0, 0.05) is 12.1 Å². The number of amides is 1. The molecule has 2 aromatic rings. The van der Waals surface area contributed by atoms with Crippen LogP contribution < -0.4 is 5.32 Å². The van der Waals surface area contributed by atoms with Gasteiger partial charge < -0.3 is 15.4 Å². The molecule has 0 bridgehead atoms. The number of carbonyl (C=O) groups excluding carboxylic acids is 1. The third kappa shape index (κ3) is 4.29. The zero-order valence-corrected chi connectivity index (χ0v) is 12.8. The lowest BCUT2D eigenvalue weighted by Gasteiger charge is -2.24. The Labute approximate surface area is 124 Å². The number of hydrogen-bond donors (Lipinski definition) is 3. The number of nitrogens with one attached hydrogen (secondary N) is 2. The maximum atomic E-state index is 12.1. The summed E-state index contributed by atoms with van der Waals surface area (Å²) in [5.41, 5.74) is 1.34. The van der Waals surface area contributed by atoms with Crippen LogP contribution in [-0.2, 0) is 0 Å². The summed E-state index contributed by atoms with van der Waals surface area (Å²) in [6, 6.07) is 5.31. The number of hydrogen-bond acceptors (Lipinski definition) is 3. The first-order valence-corrected chi connectivity index (χ1v) is 7.31. The normalized spacial score (nSPS) is 14.3. The summed E-state index contributed by atoms with van der Waals surface area (Å²) in [6.07, 6.45) is 3.20. The van der Waals surface area contributed by atoms with Crippen molar-refractivity contribution in [2.75, 3.05) is 6.54 Å². The first-order chi connectivity index (χ1) is 9.87. The summed E-state index contributed by atoms with van der Waals surface area (Å²) in [6.45, 7) is 6.25. The lowest BCUT2D eigenvalue weighted by Crippen LogP contribution is -2.40. The third-order valence-electron chi connectivity index (χ3n) is 3.57. The summed E-state index contributed by atoms with van der Waals surface area (Å²) in [4.78, 5) is 19.2. The van der Waals surface area contributed by atoms with Crippen molar-refractivity contribution in [1.29, 1.82) is 0 Å². The van der Waals surface area contributed by atoms with Gasteiger partial charge >= 0.3 is 0 Å². The SMILES string of the molecule is CC(C)CCC(C)(O)CNC(=O)c1ccc2nc[nH]c2c1. The Morgan fingerprint density at radius 3 is 2.95 bits per heavy atom. The van der Waals surface area contributed by atoms with E-state index in [-0.39, 0.29) is 12.5 Å². The van der Waals surface area contributed by atoms with Gasteiger partial charge in [-0.25, -0.2) is 4.98 Å². The average Bonchev–Trinajstić information content (AvgIpc) is 2.90. The molecule has 0 saturated heterocycles. The third-order valence-corrected chi connectivity index (χ3v) is 3.57. The van der Waals surface area contributed by atoms with Gasteiger partial charge in [-0.3, -0.25) is 4.79 Å². The van der Waals surface area contributed by atoms with E-state index in [4.69, 9.17) is 0 Å². The molecule has 5 nitrogen and oxygen atoms in total. The molecule has 1 unspecified atom stereocenters. The first-order valence-electron chi connectivity index (χ1n) is 7.31. The monoisotopic (exact) mass is 289 g/mol. The predicted octanol–water partition coefficient (Wildman–Crippen LogP) is 2.48. The van der Waals surface area contributed by atoms with Crippen LogP contribution in [0.1, 0.15) is 44.0 Å². The van der Waals surface area contributed by atoms with E-state index < -0.39 is 5.60 Å². The second-order valence-corrected chi connectivity index (χ2v) is 6.25. The lowest BCUT2D eigenvalue weighted by atomic mass is 9.95. The van der Waals surface area contributed by atoms with Crippen molar-refractivity contribution in [3.63, 3.8) is 0 Å². The maximum absolute atomic E-state index is 12.1. The highest BCUT2D eigenvalue weighted by atomic mass is 16.3. The summed E-state index contributed by atoms with van der Waals surface area (Å²) in [5, 5.41) is 13.1. The van der Waals surface area contributed by atoms with Crippen LogP contribution in [0.15, 0.2) is 24.5 Å². The van der Waals surface area contributed by atoms with E-state index in [0.717, 1.165) is 17.5 Å². The van der Waals surface area contributed by atoms with E-state index in [1.54, 1.807) is 31.5 Å². The maximum Gasteiger partial charge on any atom is 0.251 e.